The van der Waals surface area contributed by atoms with E-state index in [1.165, 1.54) is 0 Å². The van der Waals surface area contributed by atoms with Crippen LogP contribution < -0.4 is 16.4 Å². The minimum Gasteiger partial charge on any atom is -0.454 e. The molecule has 3 rings (SSSR count). The monoisotopic (exact) mass is 410 g/mol. The first-order valence-electron chi connectivity index (χ1n) is 8.92. The Morgan fingerprint density at radius 1 is 1.00 bits per heavy atom. The Balaban J connectivity index is 1.43. The molecule has 10 nitrogen and oxygen atoms in total. The van der Waals surface area contributed by atoms with Gasteiger partial charge in [-0.25, -0.2) is 9.59 Å². The lowest BCUT2D eigenvalue weighted by atomic mass is 10.2. The number of hydrogen-bond acceptors (Lipinski definition) is 7. The van der Waals surface area contributed by atoms with Crippen molar-refractivity contribution in [3.05, 3.63) is 76.8 Å². The molecular weight excluding hydrogens is 392 g/mol. The Morgan fingerprint density at radius 3 is 2.37 bits per heavy atom. The number of amides is 3. The number of nitrogens with one attached hydrogen (secondary N) is 2. The second-order valence-corrected chi connectivity index (χ2v) is 6.07. The zero-order chi connectivity index (χ0) is 21.3. The second-order valence-electron chi connectivity index (χ2n) is 6.07. The van der Waals surface area contributed by atoms with Crippen molar-refractivity contribution in [3.8, 4) is 11.5 Å². The summed E-state index contributed by atoms with van der Waals surface area (Å²) in [6.07, 6.45) is 0. The lowest BCUT2D eigenvalue weighted by molar-refractivity contribution is -0.149. The number of esters is 1. The second kappa shape index (κ2) is 9.82. The molecule has 0 bridgehead atoms. The lowest BCUT2D eigenvalue weighted by Crippen LogP contribution is -2.41. The molecule has 154 valence electrons. The van der Waals surface area contributed by atoms with E-state index in [1.807, 2.05) is 35.6 Å². The van der Waals surface area contributed by atoms with Crippen molar-refractivity contribution >= 4 is 17.9 Å². The van der Waals surface area contributed by atoms with Crippen LogP contribution in [0.2, 0.25) is 0 Å². The molecule has 0 spiro atoms. The summed E-state index contributed by atoms with van der Waals surface area (Å²) in [7, 11) is 0. The summed E-state index contributed by atoms with van der Waals surface area (Å²) >= 11 is 0. The van der Waals surface area contributed by atoms with E-state index in [0.29, 0.717) is 5.56 Å². The molecule has 0 unspecified atom stereocenters. The number of ether oxygens (including phenoxy) is 1. The zero-order valence-electron chi connectivity index (χ0n) is 15.7. The van der Waals surface area contributed by atoms with E-state index in [4.69, 9.17) is 9.15 Å². The number of rotatable bonds is 7. The van der Waals surface area contributed by atoms with Gasteiger partial charge in [0.25, 0.3) is 5.91 Å². The summed E-state index contributed by atoms with van der Waals surface area (Å²) in [5, 5.41) is 8.46. The van der Waals surface area contributed by atoms with Crippen molar-refractivity contribution in [2.75, 3.05) is 6.61 Å². The molecule has 0 atom stereocenters. The smallest absolute Gasteiger partial charge is 0.437 e. The van der Waals surface area contributed by atoms with Crippen LogP contribution in [0.3, 0.4) is 0 Å². The van der Waals surface area contributed by atoms with Crippen LogP contribution in [0.15, 0.2) is 69.9 Å². The standard InChI is InChI=1S/C20H18N4O6/c25-16(22-19(27)21-11-14-7-3-1-4-8-14)13-29-17(26)12-24-20(28)30-18(23-24)15-9-5-2-6-10-15/h1-10H,11-13H2,(H2,21,22,25,27). The van der Waals surface area contributed by atoms with Gasteiger partial charge in [0.15, 0.2) is 6.61 Å². The zero-order valence-corrected chi connectivity index (χ0v) is 15.7. The fraction of sp³-hybridized carbons (Fsp3) is 0.150. The highest BCUT2D eigenvalue weighted by molar-refractivity contribution is 5.95. The third kappa shape index (κ3) is 5.89. The van der Waals surface area contributed by atoms with Gasteiger partial charge in [-0.1, -0.05) is 48.5 Å². The third-order valence-electron chi connectivity index (χ3n) is 3.82. The molecule has 0 radical (unpaired) electrons. The molecule has 1 heterocycles. The first-order valence-corrected chi connectivity index (χ1v) is 8.92. The van der Waals surface area contributed by atoms with Crippen molar-refractivity contribution in [2.45, 2.75) is 13.1 Å². The van der Waals surface area contributed by atoms with Crippen LogP contribution in [0.5, 0.6) is 0 Å². The Hall–Kier alpha value is -4.21. The van der Waals surface area contributed by atoms with Crippen molar-refractivity contribution in [1.29, 1.82) is 0 Å². The van der Waals surface area contributed by atoms with E-state index in [1.54, 1.807) is 30.3 Å². The van der Waals surface area contributed by atoms with Gasteiger partial charge in [0.05, 0.1) is 0 Å². The van der Waals surface area contributed by atoms with Crippen LogP contribution in [-0.2, 0) is 27.4 Å². The summed E-state index contributed by atoms with van der Waals surface area (Å²) in [6.45, 7) is -0.989. The number of imide groups is 1. The average molecular weight is 410 g/mol. The Labute approximate surface area is 170 Å². The Kier molecular flexibility index (Phi) is 6.72. The van der Waals surface area contributed by atoms with Gasteiger partial charge in [-0.05, 0) is 17.7 Å². The Morgan fingerprint density at radius 2 is 1.67 bits per heavy atom. The summed E-state index contributed by atoms with van der Waals surface area (Å²) in [5.41, 5.74) is 1.43. The molecule has 0 saturated heterocycles. The fourth-order valence-corrected chi connectivity index (χ4v) is 2.40. The number of carbonyl (C=O) groups is 3. The summed E-state index contributed by atoms with van der Waals surface area (Å²) in [5.74, 6) is -2.48. The van der Waals surface area contributed by atoms with Gasteiger partial charge >= 0.3 is 17.8 Å². The molecule has 1 aromatic heterocycles. The SMILES string of the molecule is O=C(COC(=O)Cn1nc(-c2ccccc2)oc1=O)NC(=O)NCc1ccccc1. The molecule has 0 aliphatic rings. The summed E-state index contributed by atoms with van der Waals surface area (Å²) in [4.78, 5) is 47.1. The molecule has 0 aliphatic carbocycles. The minimum atomic E-state index is -0.884. The van der Waals surface area contributed by atoms with Gasteiger partial charge < -0.3 is 14.5 Å². The highest BCUT2D eigenvalue weighted by Crippen LogP contribution is 2.13. The third-order valence-corrected chi connectivity index (χ3v) is 3.82. The van der Waals surface area contributed by atoms with Gasteiger partial charge in [0.1, 0.15) is 6.54 Å². The summed E-state index contributed by atoms with van der Waals surface area (Å²) in [6, 6.07) is 17.1. The van der Waals surface area contributed by atoms with Crippen molar-refractivity contribution < 1.29 is 23.5 Å². The lowest BCUT2D eigenvalue weighted by Gasteiger charge is -2.07. The minimum absolute atomic E-state index is 0.0567. The first kappa shape index (κ1) is 20.5. The van der Waals surface area contributed by atoms with E-state index in [-0.39, 0.29) is 12.4 Å². The maximum absolute atomic E-state index is 11.9. The quantitative estimate of drug-likeness (QED) is 0.557. The molecule has 0 aliphatic heterocycles. The van der Waals surface area contributed by atoms with Gasteiger partial charge in [0, 0.05) is 12.1 Å². The molecular formula is C20H18N4O6. The van der Waals surface area contributed by atoms with Crippen LogP contribution in [0, 0.1) is 0 Å². The van der Waals surface area contributed by atoms with Crippen LogP contribution in [-0.4, -0.2) is 34.3 Å². The van der Waals surface area contributed by atoms with Crippen molar-refractivity contribution in [1.82, 2.24) is 20.4 Å². The highest BCUT2D eigenvalue weighted by Gasteiger charge is 2.15. The van der Waals surface area contributed by atoms with Crippen molar-refractivity contribution in [2.24, 2.45) is 0 Å². The molecule has 0 saturated carbocycles. The molecule has 0 fully saturated rings. The van der Waals surface area contributed by atoms with Crippen molar-refractivity contribution in [3.63, 3.8) is 0 Å². The van der Waals surface area contributed by atoms with Gasteiger partial charge in [-0.15, -0.1) is 5.10 Å². The van der Waals surface area contributed by atoms with Crippen LogP contribution in [0.1, 0.15) is 5.56 Å². The highest BCUT2D eigenvalue weighted by atomic mass is 16.5. The molecule has 30 heavy (non-hydrogen) atoms. The van der Waals surface area contributed by atoms with E-state index >= 15 is 0 Å². The first-order chi connectivity index (χ1) is 14.5. The number of aromatic nitrogens is 2. The predicted molar refractivity (Wildman–Crippen MR) is 104 cm³/mol. The van der Waals surface area contributed by atoms with E-state index in [9.17, 15) is 19.2 Å². The molecule has 2 N–H and O–H groups in total. The number of benzene rings is 2. The maximum atomic E-state index is 11.9. The number of carbonyl (C=O) groups excluding carboxylic acids is 3. The molecule has 10 heteroatoms. The molecule has 2 aromatic carbocycles. The number of urea groups is 1. The molecule has 3 aromatic rings. The largest absolute Gasteiger partial charge is 0.454 e. The van der Waals surface area contributed by atoms with Crippen LogP contribution in [0.25, 0.3) is 11.5 Å². The van der Waals surface area contributed by atoms with Gasteiger partial charge in [-0.3, -0.25) is 14.9 Å². The van der Waals surface area contributed by atoms with Gasteiger partial charge in [0.2, 0.25) is 5.89 Å². The summed E-state index contributed by atoms with van der Waals surface area (Å²) < 4.78 is 10.6. The predicted octanol–water partition coefficient (Wildman–Crippen LogP) is 1.07. The fourth-order valence-electron chi connectivity index (χ4n) is 2.40. The average Bonchev–Trinajstić information content (AvgIpc) is 3.12. The Bertz CT molecular complexity index is 1080. The van der Waals surface area contributed by atoms with Gasteiger partial charge in [-0.2, -0.15) is 4.68 Å². The topological polar surface area (TPSA) is 133 Å². The normalized spacial score (nSPS) is 10.3. The number of hydrogen-bond donors (Lipinski definition) is 2. The van der Waals surface area contributed by atoms with Crippen LogP contribution >= 0.6 is 0 Å². The maximum Gasteiger partial charge on any atom is 0.437 e. The van der Waals surface area contributed by atoms with Crippen LogP contribution in [0.4, 0.5) is 4.79 Å². The van der Waals surface area contributed by atoms with E-state index in [0.717, 1.165) is 10.2 Å². The van der Waals surface area contributed by atoms with E-state index in [2.05, 4.69) is 10.4 Å². The number of nitrogens with zero attached hydrogens (tertiary/aromatic N) is 2. The van der Waals surface area contributed by atoms with E-state index < -0.39 is 36.8 Å². The molecule has 3 amide bonds.